The first-order chi connectivity index (χ1) is 9.51. The van der Waals surface area contributed by atoms with Gasteiger partial charge in [0.15, 0.2) is 0 Å². The van der Waals surface area contributed by atoms with Crippen molar-refractivity contribution in [2.24, 2.45) is 13.0 Å². The largest absolute Gasteiger partial charge is 0.389 e. The lowest BCUT2D eigenvalue weighted by Gasteiger charge is -2.47. The molecule has 1 saturated heterocycles. The van der Waals surface area contributed by atoms with Crippen molar-refractivity contribution < 1.29 is 9.90 Å². The van der Waals surface area contributed by atoms with E-state index in [0.717, 1.165) is 25.0 Å². The normalized spacial score (nSPS) is 30.1. The first-order valence-corrected chi connectivity index (χ1v) is 7.51. The van der Waals surface area contributed by atoms with Gasteiger partial charge in [0, 0.05) is 31.7 Å². The standard InChI is InChI=1S/C15H23N3O2/c1-11-13(9-16-17(11)2)14(19)18-8-7-15(20)6-4-3-5-12(15)10-18/h9,12,20H,3-8,10H2,1-2H3. The van der Waals surface area contributed by atoms with E-state index in [1.165, 1.54) is 6.42 Å². The summed E-state index contributed by atoms with van der Waals surface area (Å²) < 4.78 is 1.73. The van der Waals surface area contributed by atoms with Gasteiger partial charge in [0.1, 0.15) is 0 Å². The SMILES string of the molecule is Cc1c(C(=O)N2CCC3(O)CCCCC3C2)cnn1C. The highest BCUT2D eigenvalue weighted by molar-refractivity contribution is 5.95. The van der Waals surface area contributed by atoms with Crippen molar-refractivity contribution in [3.05, 3.63) is 17.5 Å². The van der Waals surface area contributed by atoms with Gasteiger partial charge >= 0.3 is 0 Å². The molecule has 1 aromatic rings. The van der Waals surface area contributed by atoms with Gasteiger partial charge in [-0.2, -0.15) is 5.10 Å². The molecule has 3 rings (SSSR count). The molecule has 1 N–H and O–H groups in total. The van der Waals surface area contributed by atoms with E-state index < -0.39 is 5.60 Å². The third-order valence-corrected chi connectivity index (χ3v) is 5.18. The minimum Gasteiger partial charge on any atom is -0.389 e. The van der Waals surface area contributed by atoms with Crippen LogP contribution >= 0.6 is 0 Å². The van der Waals surface area contributed by atoms with Crippen molar-refractivity contribution in [1.82, 2.24) is 14.7 Å². The van der Waals surface area contributed by atoms with E-state index in [1.807, 2.05) is 18.9 Å². The number of carbonyl (C=O) groups is 1. The van der Waals surface area contributed by atoms with Crippen LogP contribution in [0.3, 0.4) is 0 Å². The zero-order valence-electron chi connectivity index (χ0n) is 12.3. The molecule has 1 aliphatic carbocycles. The lowest BCUT2D eigenvalue weighted by molar-refractivity contribution is -0.0886. The topological polar surface area (TPSA) is 58.4 Å². The molecule has 1 aromatic heterocycles. The number of carbonyl (C=O) groups excluding carboxylic acids is 1. The molecule has 0 spiro atoms. The third kappa shape index (κ3) is 2.14. The van der Waals surface area contributed by atoms with Gasteiger partial charge in [-0.15, -0.1) is 0 Å². The van der Waals surface area contributed by atoms with Crippen LogP contribution in [0.5, 0.6) is 0 Å². The number of hydrogen-bond acceptors (Lipinski definition) is 3. The highest BCUT2D eigenvalue weighted by Crippen LogP contribution is 2.40. The number of fused-ring (bicyclic) bond motifs is 1. The van der Waals surface area contributed by atoms with Gasteiger partial charge < -0.3 is 10.0 Å². The molecule has 20 heavy (non-hydrogen) atoms. The summed E-state index contributed by atoms with van der Waals surface area (Å²) >= 11 is 0. The van der Waals surface area contributed by atoms with Crippen molar-refractivity contribution in [3.8, 4) is 0 Å². The van der Waals surface area contributed by atoms with Crippen LogP contribution in [0.25, 0.3) is 0 Å². The molecule has 1 saturated carbocycles. The van der Waals surface area contributed by atoms with Crippen LogP contribution in [0.4, 0.5) is 0 Å². The number of amides is 1. The quantitative estimate of drug-likeness (QED) is 0.846. The van der Waals surface area contributed by atoms with E-state index in [2.05, 4.69) is 5.10 Å². The summed E-state index contributed by atoms with van der Waals surface area (Å²) in [6, 6.07) is 0. The summed E-state index contributed by atoms with van der Waals surface area (Å²) in [6.45, 7) is 3.25. The number of likely N-dealkylation sites (tertiary alicyclic amines) is 1. The number of rotatable bonds is 1. The Balaban J connectivity index is 1.76. The fraction of sp³-hybridized carbons (Fsp3) is 0.733. The van der Waals surface area contributed by atoms with Crippen LogP contribution in [0.2, 0.25) is 0 Å². The molecule has 0 bridgehead atoms. The Bertz CT molecular complexity index is 525. The molecule has 2 aliphatic rings. The van der Waals surface area contributed by atoms with Gasteiger partial charge in [-0.1, -0.05) is 12.8 Å². The van der Waals surface area contributed by atoms with Crippen molar-refractivity contribution in [2.45, 2.75) is 44.6 Å². The van der Waals surface area contributed by atoms with Gasteiger partial charge in [0.25, 0.3) is 5.91 Å². The Morgan fingerprint density at radius 1 is 1.45 bits per heavy atom. The molecule has 0 aromatic carbocycles. The van der Waals surface area contributed by atoms with Gasteiger partial charge in [0.05, 0.1) is 17.4 Å². The van der Waals surface area contributed by atoms with Crippen LogP contribution < -0.4 is 0 Å². The predicted octanol–water partition coefficient (Wildman–Crippen LogP) is 1.50. The van der Waals surface area contributed by atoms with Gasteiger partial charge in [-0.25, -0.2) is 0 Å². The number of piperidine rings is 1. The van der Waals surface area contributed by atoms with E-state index in [9.17, 15) is 9.90 Å². The van der Waals surface area contributed by atoms with E-state index in [-0.39, 0.29) is 11.8 Å². The van der Waals surface area contributed by atoms with Crippen LogP contribution in [-0.4, -0.2) is 44.4 Å². The Hall–Kier alpha value is -1.36. The zero-order valence-corrected chi connectivity index (χ0v) is 12.3. The smallest absolute Gasteiger partial charge is 0.257 e. The maximum absolute atomic E-state index is 12.6. The van der Waals surface area contributed by atoms with Gasteiger partial charge in [0.2, 0.25) is 0 Å². The molecule has 2 atom stereocenters. The summed E-state index contributed by atoms with van der Waals surface area (Å²) in [5, 5.41) is 14.8. The van der Waals surface area contributed by atoms with Crippen LogP contribution in [0.15, 0.2) is 6.20 Å². The molecule has 1 aliphatic heterocycles. The van der Waals surface area contributed by atoms with E-state index in [4.69, 9.17) is 0 Å². The zero-order chi connectivity index (χ0) is 14.3. The molecular formula is C15H23N3O2. The van der Waals surface area contributed by atoms with Crippen molar-refractivity contribution in [3.63, 3.8) is 0 Å². The van der Waals surface area contributed by atoms with E-state index in [1.54, 1.807) is 10.9 Å². The number of hydrogen-bond donors (Lipinski definition) is 1. The third-order valence-electron chi connectivity index (χ3n) is 5.18. The predicted molar refractivity (Wildman–Crippen MR) is 75.4 cm³/mol. The maximum atomic E-state index is 12.6. The van der Waals surface area contributed by atoms with Gasteiger partial charge in [-0.05, 0) is 26.2 Å². The lowest BCUT2D eigenvalue weighted by Crippen LogP contribution is -2.54. The summed E-state index contributed by atoms with van der Waals surface area (Å²) in [6.07, 6.45) is 6.57. The fourth-order valence-electron chi connectivity index (χ4n) is 3.63. The summed E-state index contributed by atoms with van der Waals surface area (Å²) in [4.78, 5) is 14.5. The maximum Gasteiger partial charge on any atom is 0.257 e. The number of nitrogens with zero attached hydrogens (tertiary/aromatic N) is 3. The summed E-state index contributed by atoms with van der Waals surface area (Å²) in [7, 11) is 1.85. The summed E-state index contributed by atoms with van der Waals surface area (Å²) in [5.74, 6) is 0.300. The second-order valence-corrected chi connectivity index (χ2v) is 6.31. The Kier molecular flexibility index (Phi) is 3.32. The molecule has 5 heteroatoms. The highest BCUT2D eigenvalue weighted by atomic mass is 16.3. The average molecular weight is 277 g/mol. The monoisotopic (exact) mass is 277 g/mol. The minimum absolute atomic E-state index is 0.0585. The first-order valence-electron chi connectivity index (χ1n) is 7.51. The molecule has 2 fully saturated rings. The molecule has 110 valence electrons. The van der Waals surface area contributed by atoms with E-state index >= 15 is 0 Å². The number of aromatic nitrogens is 2. The van der Waals surface area contributed by atoms with Gasteiger partial charge in [-0.3, -0.25) is 9.48 Å². The summed E-state index contributed by atoms with van der Waals surface area (Å²) in [5.41, 5.74) is 1.06. The van der Waals surface area contributed by atoms with Crippen LogP contribution in [0.1, 0.15) is 48.2 Å². The molecule has 1 amide bonds. The Morgan fingerprint density at radius 3 is 2.95 bits per heavy atom. The molecular weight excluding hydrogens is 254 g/mol. The van der Waals surface area contributed by atoms with Crippen molar-refractivity contribution in [1.29, 1.82) is 0 Å². The number of aliphatic hydroxyl groups is 1. The second-order valence-electron chi connectivity index (χ2n) is 6.31. The van der Waals surface area contributed by atoms with E-state index in [0.29, 0.717) is 25.1 Å². The Morgan fingerprint density at radius 2 is 2.25 bits per heavy atom. The fourth-order valence-corrected chi connectivity index (χ4v) is 3.63. The second kappa shape index (κ2) is 4.88. The molecule has 2 heterocycles. The average Bonchev–Trinajstić information content (AvgIpc) is 2.77. The Labute approximate surface area is 119 Å². The van der Waals surface area contributed by atoms with Crippen LogP contribution in [-0.2, 0) is 7.05 Å². The van der Waals surface area contributed by atoms with Crippen molar-refractivity contribution in [2.75, 3.05) is 13.1 Å². The van der Waals surface area contributed by atoms with Crippen LogP contribution in [0, 0.1) is 12.8 Å². The minimum atomic E-state index is -0.529. The lowest BCUT2D eigenvalue weighted by atomic mass is 9.71. The highest BCUT2D eigenvalue weighted by Gasteiger charge is 2.44. The first kappa shape index (κ1) is 13.6. The molecule has 5 nitrogen and oxygen atoms in total. The van der Waals surface area contributed by atoms with Crippen molar-refractivity contribution >= 4 is 5.91 Å². The molecule has 0 radical (unpaired) electrons. The number of aryl methyl sites for hydroxylation is 1. The molecule has 2 unspecified atom stereocenters.